The second kappa shape index (κ2) is 8.99. The second-order valence-electron chi connectivity index (χ2n) is 7.33. The van der Waals surface area contributed by atoms with Crippen LogP contribution >= 0.6 is 11.6 Å². The van der Waals surface area contributed by atoms with Gasteiger partial charge in [-0.2, -0.15) is 0 Å². The fourth-order valence-corrected chi connectivity index (χ4v) is 3.96. The molecule has 3 rings (SSSR count). The van der Waals surface area contributed by atoms with Crippen LogP contribution in [-0.2, 0) is 16.1 Å². The number of likely N-dealkylation sites (tertiary alicyclic amines) is 1. The smallest absolute Gasteiger partial charge is 0.236 e. The first kappa shape index (κ1) is 20.0. The molecule has 0 aromatic heterocycles. The van der Waals surface area contributed by atoms with Gasteiger partial charge >= 0.3 is 0 Å². The molecule has 1 unspecified atom stereocenters. The average molecular weight is 397 g/mol. The van der Waals surface area contributed by atoms with Crippen molar-refractivity contribution < 1.29 is 14.0 Å². The summed E-state index contributed by atoms with van der Waals surface area (Å²) in [7, 11) is 0. The molecule has 2 aliphatic rings. The van der Waals surface area contributed by atoms with Gasteiger partial charge in [0.1, 0.15) is 5.82 Å². The first-order valence-electron chi connectivity index (χ1n) is 9.38. The SMILES string of the molecule is NC(=O)C1CCCN(C(=O)CN2CCN(Cc3c(F)cccc3Cl)CC2)C1. The van der Waals surface area contributed by atoms with Crippen molar-refractivity contribution in [2.75, 3.05) is 45.8 Å². The summed E-state index contributed by atoms with van der Waals surface area (Å²) in [5.74, 6) is -0.793. The van der Waals surface area contributed by atoms with Gasteiger partial charge in [-0.05, 0) is 25.0 Å². The number of amides is 2. The largest absolute Gasteiger partial charge is 0.369 e. The highest BCUT2D eigenvalue weighted by atomic mass is 35.5. The summed E-state index contributed by atoms with van der Waals surface area (Å²) in [6.07, 6.45) is 1.58. The van der Waals surface area contributed by atoms with E-state index in [4.69, 9.17) is 17.3 Å². The number of primary amides is 1. The van der Waals surface area contributed by atoms with Gasteiger partial charge in [-0.25, -0.2) is 4.39 Å². The van der Waals surface area contributed by atoms with E-state index in [2.05, 4.69) is 9.80 Å². The number of piperidine rings is 1. The van der Waals surface area contributed by atoms with Gasteiger partial charge in [0, 0.05) is 56.4 Å². The van der Waals surface area contributed by atoms with Gasteiger partial charge in [0.05, 0.1) is 12.5 Å². The zero-order chi connectivity index (χ0) is 19.4. The fourth-order valence-electron chi connectivity index (χ4n) is 3.74. The van der Waals surface area contributed by atoms with E-state index in [-0.39, 0.29) is 23.5 Å². The molecule has 6 nitrogen and oxygen atoms in total. The molecule has 2 heterocycles. The van der Waals surface area contributed by atoms with Crippen LogP contribution in [0.5, 0.6) is 0 Å². The molecule has 27 heavy (non-hydrogen) atoms. The van der Waals surface area contributed by atoms with E-state index in [1.807, 2.05) is 0 Å². The summed E-state index contributed by atoms with van der Waals surface area (Å²) >= 11 is 6.11. The third kappa shape index (κ3) is 5.18. The molecule has 2 amide bonds. The first-order valence-corrected chi connectivity index (χ1v) is 9.76. The van der Waals surface area contributed by atoms with Gasteiger partial charge in [-0.3, -0.25) is 19.4 Å². The number of nitrogens with two attached hydrogens (primary N) is 1. The number of piperazine rings is 1. The van der Waals surface area contributed by atoms with Crippen molar-refractivity contribution in [1.29, 1.82) is 0 Å². The van der Waals surface area contributed by atoms with Gasteiger partial charge in [0.2, 0.25) is 11.8 Å². The van der Waals surface area contributed by atoms with Crippen molar-refractivity contribution in [3.05, 3.63) is 34.6 Å². The molecule has 0 bridgehead atoms. The van der Waals surface area contributed by atoms with Gasteiger partial charge in [-0.1, -0.05) is 17.7 Å². The molecule has 1 aromatic rings. The van der Waals surface area contributed by atoms with E-state index >= 15 is 0 Å². The van der Waals surface area contributed by atoms with Gasteiger partial charge < -0.3 is 10.6 Å². The number of hydrogen-bond acceptors (Lipinski definition) is 4. The molecule has 1 aromatic carbocycles. The van der Waals surface area contributed by atoms with Crippen LogP contribution < -0.4 is 5.73 Å². The lowest BCUT2D eigenvalue weighted by Gasteiger charge is -2.37. The first-order chi connectivity index (χ1) is 12.9. The Balaban J connectivity index is 1.46. The normalized spacial score (nSPS) is 22.0. The summed E-state index contributed by atoms with van der Waals surface area (Å²) in [6, 6.07) is 4.73. The van der Waals surface area contributed by atoms with Gasteiger partial charge in [0.15, 0.2) is 0 Å². The number of halogens is 2. The minimum atomic E-state index is -0.326. The lowest BCUT2D eigenvalue weighted by atomic mass is 9.97. The summed E-state index contributed by atoms with van der Waals surface area (Å²) in [5.41, 5.74) is 5.91. The highest BCUT2D eigenvalue weighted by Gasteiger charge is 2.28. The maximum absolute atomic E-state index is 13.9. The van der Waals surface area contributed by atoms with Gasteiger partial charge in [0.25, 0.3) is 0 Å². The van der Waals surface area contributed by atoms with Crippen LogP contribution in [0.15, 0.2) is 18.2 Å². The molecular weight excluding hydrogens is 371 g/mol. The lowest BCUT2D eigenvalue weighted by molar-refractivity contribution is -0.136. The number of rotatable bonds is 5. The van der Waals surface area contributed by atoms with E-state index in [0.29, 0.717) is 36.8 Å². The zero-order valence-electron chi connectivity index (χ0n) is 15.4. The molecule has 2 N–H and O–H groups in total. The quantitative estimate of drug-likeness (QED) is 0.815. The maximum Gasteiger partial charge on any atom is 0.236 e. The molecular formula is C19H26ClFN4O2. The van der Waals surface area contributed by atoms with Crippen LogP contribution in [0.1, 0.15) is 18.4 Å². The second-order valence-corrected chi connectivity index (χ2v) is 7.74. The Morgan fingerprint density at radius 1 is 1.15 bits per heavy atom. The molecule has 0 radical (unpaired) electrons. The number of carbonyl (C=O) groups excluding carboxylic acids is 2. The highest BCUT2D eigenvalue weighted by Crippen LogP contribution is 2.21. The minimum Gasteiger partial charge on any atom is -0.369 e. The van der Waals surface area contributed by atoms with Crippen LogP contribution in [0.2, 0.25) is 5.02 Å². The van der Waals surface area contributed by atoms with Crippen LogP contribution in [-0.4, -0.2) is 72.3 Å². The monoisotopic (exact) mass is 396 g/mol. The number of nitrogens with zero attached hydrogens (tertiary/aromatic N) is 3. The Labute approximate surface area is 164 Å². The molecule has 2 fully saturated rings. The van der Waals surface area contributed by atoms with Gasteiger partial charge in [-0.15, -0.1) is 0 Å². The fraction of sp³-hybridized carbons (Fsp3) is 0.579. The van der Waals surface area contributed by atoms with Crippen molar-refractivity contribution >= 4 is 23.4 Å². The molecule has 0 saturated carbocycles. The average Bonchev–Trinajstić information content (AvgIpc) is 2.66. The Bertz CT molecular complexity index is 674. The topological polar surface area (TPSA) is 69.9 Å². The van der Waals surface area contributed by atoms with Crippen molar-refractivity contribution in [1.82, 2.24) is 14.7 Å². The Hall–Kier alpha value is -1.70. The summed E-state index contributed by atoms with van der Waals surface area (Å²) in [6.45, 7) is 4.92. The molecule has 8 heteroatoms. The van der Waals surface area contributed by atoms with Crippen LogP contribution in [0.3, 0.4) is 0 Å². The number of carbonyl (C=O) groups is 2. The Morgan fingerprint density at radius 3 is 2.52 bits per heavy atom. The molecule has 0 aliphatic carbocycles. The van der Waals surface area contributed by atoms with E-state index in [1.54, 1.807) is 17.0 Å². The van der Waals surface area contributed by atoms with Crippen LogP contribution in [0, 0.1) is 11.7 Å². The molecule has 1 atom stereocenters. The van der Waals surface area contributed by atoms with Crippen LogP contribution in [0.25, 0.3) is 0 Å². The summed E-state index contributed by atoms with van der Waals surface area (Å²) in [5, 5.41) is 0.446. The predicted octanol–water partition coefficient (Wildman–Crippen LogP) is 1.32. The van der Waals surface area contributed by atoms with Crippen molar-refractivity contribution in [2.45, 2.75) is 19.4 Å². The van der Waals surface area contributed by atoms with Crippen molar-refractivity contribution in [2.24, 2.45) is 11.7 Å². The number of benzene rings is 1. The van der Waals surface area contributed by atoms with E-state index in [0.717, 1.165) is 39.0 Å². The molecule has 2 aliphatic heterocycles. The Kier molecular flexibility index (Phi) is 6.68. The summed E-state index contributed by atoms with van der Waals surface area (Å²) < 4.78 is 13.9. The Morgan fingerprint density at radius 2 is 1.85 bits per heavy atom. The lowest BCUT2D eigenvalue weighted by Crippen LogP contribution is -2.51. The van der Waals surface area contributed by atoms with Crippen molar-refractivity contribution in [3.63, 3.8) is 0 Å². The standard InChI is InChI=1S/C19H26ClFN4O2/c20-16-4-1-5-17(21)15(16)12-23-7-9-24(10-8-23)13-18(26)25-6-2-3-14(11-25)19(22)27/h1,4-5,14H,2-3,6-13H2,(H2,22,27). The molecule has 148 valence electrons. The van der Waals surface area contributed by atoms with Crippen LogP contribution in [0.4, 0.5) is 4.39 Å². The van der Waals surface area contributed by atoms with E-state index < -0.39 is 0 Å². The maximum atomic E-state index is 13.9. The molecule has 2 saturated heterocycles. The van der Waals surface area contributed by atoms with E-state index in [9.17, 15) is 14.0 Å². The minimum absolute atomic E-state index is 0.0477. The predicted molar refractivity (Wildman–Crippen MR) is 102 cm³/mol. The van der Waals surface area contributed by atoms with E-state index in [1.165, 1.54) is 6.07 Å². The van der Waals surface area contributed by atoms with Crippen molar-refractivity contribution in [3.8, 4) is 0 Å². The third-order valence-corrected chi connectivity index (χ3v) is 5.80. The number of hydrogen-bond donors (Lipinski definition) is 1. The molecule has 0 spiro atoms. The highest BCUT2D eigenvalue weighted by molar-refractivity contribution is 6.31. The summed E-state index contributed by atoms with van der Waals surface area (Å²) in [4.78, 5) is 29.9. The third-order valence-electron chi connectivity index (χ3n) is 5.44. The zero-order valence-corrected chi connectivity index (χ0v) is 16.1.